The maximum atomic E-state index is 13.2. The molecule has 7 heteroatoms. The molecule has 1 atom stereocenters. The fraction of sp³-hybridized carbons (Fsp3) is 0.545. The monoisotopic (exact) mass is 394 g/mol. The van der Waals surface area contributed by atoms with Crippen LogP contribution in [-0.4, -0.2) is 43.2 Å². The van der Waals surface area contributed by atoms with Crippen LogP contribution < -0.4 is 5.56 Å². The van der Waals surface area contributed by atoms with Crippen molar-refractivity contribution >= 4 is 10.9 Å². The summed E-state index contributed by atoms with van der Waals surface area (Å²) < 4.78 is 1.91. The van der Waals surface area contributed by atoms with Gasteiger partial charge in [-0.25, -0.2) is 4.68 Å². The van der Waals surface area contributed by atoms with Crippen LogP contribution >= 0.6 is 0 Å². The molecule has 1 N–H and O–H groups in total. The van der Waals surface area contributed by atoms with Gasteiger partial charge in [0.25, 0.3) is 5.56 Å². The van der Waals surface area contributed by atoms with Crippen molar-refractivity contribution in [2.75, 3.05) is 13.1 Å². The molecule has 0 radical (unpaired) electrons. The molecule has 1 fully saturated rings. The molecule has 1 aliphatic heterocycles. The van der Waals surface area contributed by atoms with Crippen molar-refractivity contribution in [3.05, 3.63) is 51.6 Å². The Morgan fingerprint density at radius 1 is 1.17 bits per heavy atom. The Hall–Kier alpha value is -2.54. The van der Waals surface area contributed by atoms with E-state index >= 15 is 0 Å². The van der Waals surface area contributed by atoms with Crippen LogP contribution in [0.1, 0.15) is 69.4 Å². The van der Waals surface area contributed by atoms with Gasteiger partial charge in [0.1, 0.15) is 6.04 Å². The molecule has 29 heavy (non-hydrogen) atoms. The minimum Gasteiger partial charge on any atom is -0.322 e. The molecule has 154 valence electrons. The Bertz CT molecular complexity index is 1060. The van der Waals surface area contributed by atoms with Crippen LogP contribution in [0.3, 0.4) is 0 Å². The molecule has 0 spiro atoms. The third kappa shape index (κ3) is 3.71. The van der Waals surface area contributed by atoms with Crippen LogP contribution in [0.15, 0.2) is 29.1 Å². The summed E-state index contributed by atoms with van der Waals surface area (Å²) in [6.45, 7) is 10.3. The van der Waals surface area contributed by atoms with E-state index in [9.17, 15) is 4.79 Å². The highest BCUT2D eigenvalue weighted by Crippen LogP contribution is 2.32. The first kappa shape index (κ1) is 19.8. The van der Waals surface area contributed by atoms with Crippen LogP contribution in [-0.2, 0) is 5.54 Å². The van der Waals surface area contributed by atoms with E-state index in [0.29, 0.717) is 5.56 Å². The Kier molecular flexibility index (Phi) is 5.25. The SMILES string of the molecule is CCC(C)(C)n1nnnc1C(c1cc2ccc(C)cc2[nH]c1=O)N1CCCCC1. The van der Waals surface area contributed by atoms with Gasteiger partial charge in [-0.3, -0.25) is 9.69 Å². The first-order chi connectivity index (χ1) is 13.9. The lowest BCUT2D eigenvalue weighted by atomic mass is 9.97. The summed E-state index contributed by atoms with van der Waals surface area (Å²) in [6.07, 6.45) is 4.37. The predicted octanol–water partition coefficient (Wildman–Crippen LogP) is 3.54. The number of tetrazole rings is 1. The fourth-order valence-electron chi connectivity index (χ4n) is 4.16. The summed E-state index contributed by atoms with van der Waals surface area (Å²) in [4.78, 5) is 18.7. The molecule has 7 nitrogen and oxygen atoms in total. The second-order valence-electron chi connectivity index (χ2n) is 8.76. The molecular formula is C22H30N6O. The fourth-order valence-corrected chi connectivity index (χ4v) is 4.16. The number of likely N-dealkylation sites (tertiary alicyclic amines) is 1. The van der Waals surface area contributed by atoms with Crippen LogP contribution in [0, 0.1) is 6.92 Å². The number of hydrogen-bond acceptors (Lipinski definition) is 5. The van der Waals surface area contributed by atoms with Gasteiger partial charge in [-0.2, -0.15) is 0 Å². The Labute approximate surface area is 171 Å². The molecule has 4 rings (SSSR count). The maximum Gasteiger partial charge on any atom is 0.253 e. The number of aromatic amines is 1. The second-order valence-corrected chi connectivity index (χ2v) is 8.76. The number of piperidine rings is 1. The average molecular weight is 395 g/mol. The molecule has 0 amide bonds. The number of rotatable bonds is 5. The number of pyridine rings is 1. The molecule has 1 saturated heterocycles. The number of benzene rings is 1. The van der Waals surface area contributed by atoms with Gasteiger partial charge < -0.3 is 4.98 Å². The molecule has 0 aliphatic carbocycles. The molecule has 1 aliphatic rings. The van der Waals surface area contributed by atoms with Gasteiger partial charge in [-0.1, -0.05) is 25.5 Å². The summed E-state index contributed by atoms with van der Waals surface area (Å²) in [7, 11) is 0. The van der Waals surface area contributed by atoms with Crippen molar-refractivity contribution in [3.8, 4) is 0 Å². The number of nitrogens with zero attached hydrogens (tertiary/aromatic N) is 5. The van der Waals surface area contributed by atoms with Crippen molar-refractivity contribution in [2.24, 2.45) is 0 Å². The van der Waals surface area contributed by atoms with Gasteiger partial charge in [-0.05, 0) is 86.6 Å². The van der Waals surface area contributed by atoms with E-state index in [4.69, 9.17) is 0 Å². The van der Waals surface area contributed by atoms with E-state index in [-0.39, 0.29) is 17.1 Å². The minimum atomic E-state index is -0.259. The lowest BCUT2D eigenvalue weighted by Gasteiger charge is -2.35. The standard InChI is InChI=1S/C22H30N6O/c1-5-22(3,4)28-20(24-25-26-28)19(27-11-7-6-8-12-27)17-14-16-10-9-15(2)13-18(16)23-21(17)29/h9-10,13-14,19H,5-8,11-12H2,1-4H3,(H,23,29). The second kappa shape index (κ2) is 7.71. The van der Waals surface area contributed by atoms with Gasteiger partial charge >= 0.3 is 0 Å². The number of fused-ring (bicyclic) bond motifs is 1. The summed E-state index contributed by atoms with van der Waals surface area (Å²) in [5.74, 6) is 0.746. The zero-order valence-corrected chi connectivity index (χ0v) is 17.8. The Morgan fingerprint density at radius 3 is 2.66 bits per heavy atom. The molecule has 3 aromatic rings. The molecule has 1 unspecified atom stereocenters. The van der Waals surface area contributed by atoms with Crippen molar-refractivity contribution in [2.45, 2.75) is 65.0 Å². The molecule has 2 aromatic heterocycles. The number of hydrogen-bond donors (Lipinski definition) is 1. The summed E-state index contributed by atoms with van der Waals surface area (Å²) in [5, 5.41) is 13.8. The lowest BCUT2D eigenvalue weighted by Crippen LogP contribution is -2.40. The summed E-state index contributed by atoms with van der Waals surface area (Å²) in [6, 6.07) is 7.91. The topological polar surface area (TPSA) is 79.7 Å². The van der Waals surface area contributed by atoms with Crippen LogP contribution in [0.2, 0.25) is 0 Å². The zero-order valence-electron chi connectivity index (χ0n) is 17.8. The van der Waals surface area contributed by atoms with E-state index in [1.54, 1.807) is 0 Å². The molecule has 0 bridgehead atoms. The zero-order chi connectivity index (χ0) is 20.6. The smallest absolute Gasteiger partial charge is 0.253 e. The first-order valence-electron chi connectivity index (χ1n) is 10.6. The van der Waals surface area contributed by atoms with E-state index in [0.717, 1.165) is 54.6 Å². The van der Waals surface area contributed by atoms with Crippen LogP contribution in [0.25, 0.3) is 10.9 Å². The lowest BCUT2D eigenvalue weighted by molar-refractivity contribution is 0.167. The van der Waals surface area contributed by atoms with E-state index < -0.39 is 0 Å². The third-order valence-electron chi connectivity index (χ3n) is 6.26. The summed E-state index contributed by atoms with van der Waals surface area (Å²) >= 11 is 0. The van der Waals surface area contributed by atoms with Crippen LogP contribution in [0.5, 0.6) is 0 Å². The number of aryl methyl sites for hydroxylation is 1. The van der Waals surface area contributed by atoms with Crippen molar-refractivity contribution in [1.29, 1.82) is 0 Å². The highest BCUT2D eigenvalue weighted by Gasteiger charge is 2.34. The molecular weight excluding hydrogens is 364 g/mol. The van der Waals surface area contributed by atoms with Crippen molar-refractivity contribution < 1.29 is 0 Å². The molecule has 0 saturated carbocycles. The van der Waals surface area contributed by atoms with Crippen molar-refractivity contribution in [1.82, 2.24) is 30.1 Å². The quantitative estimate of drug-likeness (QED) is 0.716. The third-order valence-corrected chi connectivity index (χ3v) is 6.26. The van der Waals surface area contributed by atoms with Gasteiger partial charge in [0, 0.05) is 11.1 Å². The minimum absolute atomic E-state index is 0.0671. The summed E-state index contributed by atoms with van der Waals surface area (Å²) in [5.41, 5.74) is 2.41. The average Bonchev–Trinajstić information content (AvgIpc) is 3.20. The highest BCUT2D eigenvalue weighted by atomic mass is 16.1. The largest absolute Gasteiger partial charge is 0.322 e. The molecule has 3 heterocycles. The Balaban J connectivity index is 1.90. The van der Waals surface area contributed by atoms with Gasteiger partial charge in [0.05, 0.1) is 5.54 Å². The number of nitrogens with one attached hydrogen (secondary N) is 1. The number of H-pyrrole nitrogens is 1. The van der Waals surface area contributed by atoms with Gasteiger partial charge in [-0.15, -0.1) is 5.10 Å². The Morgan fingerprint density at radius 2 is 1.93 bits per heavy atom. The maximum absolute atomic E-state index is 13.2. The van der Waals surface area contributed by atoms with Gasteiger partial charge in [0.15, 0.2) is 5.82 Å². The highest BCUT2D eigenvalue weighted by molar-refractivity contribution is 5.79. The van der Waals surface area contributed by atoms with E-state index in [1.165, 1.54) is 6.42 Å². The van der Waals surface area contributed by atoms with E-state index in [2.05, 4.69) is 58.3 Å². The number of aromatic nitrogens is 5. The normalized spacial score (nSPS) is 17.0. The van der Waals surface area contributed by atoms with Crippen molar-refractivity contribution in [3.63, 3.8) is 0 Å². The van der Waals surface area contributed by atoms with Crippen LogP contribution in [0.4, 0.5) is 0 Å². The van der Waals surface area contributed by atoms with E-state index in [1.807, 2.05) is 23.7 Å². The first-order valence-corrected chi connectivity index (χ1v) is 10.6. The van der Waals surface area contributed by atoms with Gasteiger partial charge in [0.2, 0.25) is 0 Å². The molecule has 1 aromatic carbocycles. The predicted molar refractivity (Wildman–Crippen MR) is 114 cm³/mol.